The van der Waals surface area contributed by atoms with Gasteiger partial charge in [-0.3, -0.25) is 5.43 Å². The molecule has 2 rings (SSSR count). The van der Waals surface area contributed by atoms with Gasteiger partial charge in [0.05, 0.1) is 11.4 Å². The first kappa shape index (κ1) is 12.9. The molecule has 18 heavy (non-hydrogen) atoms. The largest absolute Gasteiger partial charge is 0.364 e. The zero-order valence-electron chi connectivity index (χ0n) is 9.60. The van der Waals surface area contributed by atoms with Crippen LogP contribution in [0.4, 0.5) is 5.69 Å². The highest BCUT2D eigenvalue weighted by atomic mass is 35.5. The highest BCUT2D eigenvalue weighted by Gasteiger charge is 2.18. The summed E-state index contributed by atoms with van der Waals surface area (Å²) in [6, 6.07) is 9.46. The van der Waals surface area contributed by atoms with Crippen molar-refractivity contribution in [1.82, 2.24) is 5.16 Å². The van der Waals surface area contributed by atoms with E-state index in [9.17, 15) is 0 Å². The molecular formula is C12H11Cl2N3O. The fraction of sp³-hybridized carbons (Fsp3) is 0.167. The van der Waals surface area contributed by atoms with Gasteiger partial charge < -0.3 is 4.52 Å². The van der Waals surface area contributed by atoms with Gasteiger partial charge in [0.2, 0.25) is 0 Å². The number of benzene rings is 1. The van der Waals surface area contributed by atoms with Crippen LogP contribution in [0, 0.1) is 6.92 Å². The lowest BCUT2D eigenvalue weighted by molar-refractivity contribution is 0.414. The first-order chi connectivity index (χ1) is 8.68. The van der Waals surface area contributed by atoms with E-state index in [-0.39, 0.29) is 5.17 Å². The van der Waals surface area contributed by atoms with Crippen molar-refractivity contribution in [3.63, 3.8) is 0 Å². The van der Waals surface area contributed by atoms with Gasteiger partial charge in [0.1, 0.15) is 16.8 Å². The van der Waals surface area contributed by atoms with Crippen LogP contribution < -0.4 is 5.43 Å². The Kier molecular flexibility index (Phi) is 4.23. The van der Waals surface area contributed by atoms with E-state index in [1.54, 1.807) is 6.92 Å². The molecule has 1 aromatic heterocycles. The molecule has 0 aliphatic heterocycles. The zero-order chi connectivity index (χ0) is 13.0. The molecule has 0 spiro atoms. The maximum absolute atomic E-state index is 6.17. The number of hydrogen-bond acceptors (Lipinski definition) is 4. The topological polar surface area (TPSA) is 50.4 Å². The van der Waals surface area contributed by atoms with Crippen molar-refractivity contribution < 1.29 is 4.52 Å². The summed E-state index contributed by atoms with van der Waals surface area (Å²) in [5.74, 6) is 0. The molecule has 0 saturated heterocycles. The van der Waals surface area contributed by atoms with Gasteiger partial charge in [-0.15, -0.1) is 11.6 Å². The van der Waals surface area contributed by atoms with Crippen molar-refractivity contribution >= 4 is 34.1 Å². The van der Waals surface area contributed by atoms with Crippen LogP contribution in [0.2, 0.25) is 0 Å². The maximum Gasteiger partial charge on any atom is 0.149 e. The molecule has 4 nitrogen and oxygen atoms in total. The van der Waals surface area contributed by atoms with Crippen LogP contribution in [-0.2, 0) is 0 Å². The number of nitrogens with zero attached hydrogens (tertiary/aromatic N) is 2. The lowest BCUT2D eigenvalue weighted by Gasteiger charge is -2.06. The highest BCUT2D eigenvalue weighted by molar-refractivity contribution is 6.70. The van der Waals surface area contributed by atoms with Crippen LogP contribution in [0.3, 0.4) is 0 Å². The molecule has 0 saturated carbocycles. The van der Waals surface area contributed by atoms with Crippen LogP contribution in [0.1, 0.15) is 16.6 Å². The van der Waals surface area contributed by atoms with Gasteiger partial charge in [0, 0.05) is 5.56 Å². The Hall–Kier alpha value is -1.52. The van der Waals surface area contributed by atoms with Crippen molar-refractivity contribution in [2.24, 2.45) is 5.10 Å². The Bertz CT molecular complexity index is 539. The molecular weight excluding hydrogens is 273 g/mol. The molecule has 1 N–H and O–H groups in total. The third-order valence-electron chi connectivity index (χ3n) is 2.33. The van der Waals surface area contributed by atoms with E-state index in [1.165, 1.54) is 6.26 Å². The number of aromatic nitrogens is 1. The number of hydrogen-bond donors (Lipinski definition) is 1. The van der Waals surface area contributed by atoms with Crippen molar-refractivity contribution in [2.45, 2.75) is 12.3 Å². The second-order valence-electron chi connectivity index (χ2n) is 3.63. The SMILES string of the molecule is Cc1nocc1C(Cl)/C(Cl)=N/Nc1ccccc1. The van der Waals surface area contributed by atoms with Gasteiger partial charge in [-0.2, -0.15) is 5.10 Å². The van der Waals surface area contributed by atoms with E-state index < -0.39 is 5.38 Å². The highest BCUT2D eigenvalue weighted by Crippen LogP contribution is 2.26. The van der Waals surface area contributed by atoms with Gasteiger partial charge in [-0.05, 0) is 19.1 Å². The maximum atomic E-state index is 6.17. The van der Waals surface area contributed by atoms with E-state index >= 15 is 0 Å². The monoisotopic (exact) mass is 283 g/mol. The Morgan fingerprint density at radius 2 is 2.11 bits per heavy atom. The zero-order valence-corrected chi connectivity index (χ0v) is 11.1. The van der Waals surface area contributed by atoms with Crippen LogP contribution >= 0.6 is 23.2 Å². The van der Waals surface area contributed by atoms with E-state index in [2.05, 4.69) is 15.7 Å². The second kappa shape index (κ2) is 5.89. The molecule has 0 fully saturated rings. The summed E-state index contributed by atoms with van der Waals surface area (Å²) in [5.41, 5.74) is 5.07. The third-order valence-corrected chi connectivity index (χ3v) is 3.19. The molecule has 0 amide bonds. The molecule has 2 aromatic rings. The minimum absolute atomic E-state index is 0.229. The lowest BCUT2D eigenvalue weighted by atomic mass is 10.2. The number of hydrazone groups is 1. The first-order valence-electron chi connectivity index (χ1n) is 5.27. The quantitative estimate of drug-likeness (QED) is 0.526. The number of aryl methyl sites for hydroxylation is 1. The molecule has 0 bridgehead atoms. The lowest BCUT2D eigenvalue weighted by Crippen LogP contribution is -2.03. The molecule has 1 aromatic carbocycles. The van der Waals surface area contributed by atoms with Crippen molar-refractivity contribution in [3.8, 4) is 0 Å². The van der Waals surface area contributed by atoms with Crippen LogP contribution in [0.25, 0.3) is 0 Å². The minimum Gasteiger partial charge on any atom is -0.364 e. The summed E-state index contributed by atoms with van der Waals surface area (Å²) in [7, 11) is 0. The number of halogens is 2. The third kappa shape index (κ3) is 3.03. The van der Waals surface area contributed by atoms with Gasteiger partial charge in [0.25, 0.3) is 0 Å². The predicted octanol–water partition coefficient (Wildman–Crippen LogP) is 3.93. The van der Waals surface area contributed by atoms with E-state index in [0.717, 1.165) is 5.69 Å². The summed E-state index contributed by atoms with van der Waals surface area (Å²) < 4.78 is 4.81. The Morgan fingerprint density at radius 1 is 1.39 bits per heavy atom. The molecule has 6 heteroatoms. The van der Waals surface area contributed by atoms with Gasteiger partial charge in [-0.25, -0.2) is 0 Å². The summed E-state index contributed by atoms with van der Waals surface area (Å²) in [5, 5.41) is 7.42. The fourth-order valence-corrected chi connectivity index (χ4v) is 1.78. The Labute approximate surface area is 115 Å². The molecule has 0 radical (unpaired) electrons. The van der Waals surface area contributed by atoms with Crippen molar-refractivity contribution in [2.75, 3.05) is 5.43 Å². The predicted molar refractivity (Wildman–Crippen MR) is 73.2 cm³/mol. The van der Waals surface area contributed by atoms with Crippen LogP contribution in [0.5, 0.6) is 0 Å². The number of alkyl halides is 1. The number of rotatable bonds is 4. The van der Waals surface area contributed by atoms with E-state index in [1.807, 2.05) is 30.3 Å². The Balaban J connectivity index is 2.07. The van der Waals surface area contributed by atoms with Gasteiger partial charge in [-0.1, -0.05) is 35.0 Å². The molecule has 0 aliphatic rings. The number of nitrogens with one attached hydrogen (secondary N) is 1. The molecule has 1 unspecified atom stereocenters. The van der Waals surface area contributed by atoms with Crippen LogP contribution in [-0.4, -0.2) is 10.3 Å². The average Bonchev–Trinajstić information content (AvgIpc) is 2.82. The standard InChI is InChI=1S/C12H11Cl2N3O/c1-8-10(7-18-17-8)11(13)12(14)16-15-9-5-3-2-4-6-9/h2-7,11,15H,1H3/b16-12-. The second-order valence-corrected chi connectivity index (χ2v) is 4.45. The molecule has 1 heterocycles. The fourth-order valence-electron chi connectivity index (χ4n) is 1.36. The molecule has 0 aliphatic carbocycles. The van der Waals surface area contributed by atoms with E-state index in [4.69, 9.17) is 27.7 Å². The summed E-state index contributed by atoms with van der Waals surface area (Å²) in [4.78, 5) is 0. The van der Waals surface area contributed by atoms with E-state index in [0.29, 0.717) is 11.3 Å². The molecule has 1 atom stereocenters. The van der Waals surface area contributed by atoms with Crippen molar-refractivity contribution in [3.05, 3.63) is 47.9 Å². The summed E-state index contributed by atoms with van der Waals surface area (Å²) >= 11 is 12.2. The number of anilines is 1. The van der Waals surface area contributed by atoms with Crippen LogP contribution in [0.15, 0.2) is 46.2 Å². The first-order valence-corrected chi connectivity index (χ1v) is 6.09. The normalized spacial score (nSPS) is 13.4. The van der Waals surface area contributed by atoms with Gasteiger partial charge in [0.15, 0.2) is 0 Å². The van der Waals surface area contributed by atoms with Gasteiger partial charge >= 0.3 is 0 Å². The summed E-state index contributed by atoms with van der Waals surface area (Å²) in [6.07, 6.45) is 1.47. The average molecular weight is 284 g/mol. The molecule has 94 valence electrons. The minimum atomic E-state index is -0.575. The van der Waals surface area contributed by atoms with Crippen molar-refractivity contribution in [1.29, 1.82) is 0 Å². The summed E-state index contributed by atoms with van der Waals surface area (Å²) in [6.45, 7) is 1.79. The number of para-hydroxylation sites is 1. The Morgan fingerprint density at radius 3 is 2.72 bits per heavy atom. The smallest absolute Gasteiger partial charge is 0.149 e.